The van der Waals surface area contributed by atoms with Crippen molar-refractivity contribution < 1.29 is 0 Å². The van der Waals surface area contributed by atoms with Gasteiger partial charge >= 0.3 is 0 Å². The molecule has 0 bridgehead atoms. The molecule has 1 aliphatic heterocycles. The molecule has 22 heavy (non-hydrogen) atoms. The number of guanidine groups is 1. The largest absolute Gasteiger partial charge is 0.370 e. The number of rotatable bonds is 3. The summed E-state index contributed by atoms with van der Waals surface area (Å²) in [5.74, 6) is 0.162. The predicted molar refractivity (Wildman–Crippen MR) is 101 cm³/mol. The van der Waals surface area contributed by atoms with Crippen molar-refractivity contribution in [2.75, 3.05) is 27.2 Å². The SMILES string of the molecule is CC(C)N(C)C.CC(C)N1CCCC1.CC(C)N=C(N)N.N. The van der Waals surface area contributed by atoms with E-state index in [4.69, 9.17) is 11.5 Å². The maximum absolute atomic E-state index is 5.02. The van der Waals surface area contributed by atoms with Crippen LogP contribution in [0.1, 0.15) is 54.4 Å². The predicted octanol–water partition coefficient (Wildman–Crippen LogP) is 2.28. The van der Waals surface area contributed by atoms with Crippen LogP contribution in [0.25, 0.3) is 0 Å². The van der Waals surface area contributed by atoms with Gasteiger partial charge in [0, 0.05) is 18.1 Å². The van der Waals surface area contributed by atoms with Crippen LogP contribution in [-0.2, 0) is 0 Å². The second-order valence-electron chi connectivity index (χ2n) is 6.54. The molecular formula is C16H42N6. The van der Waals surface area contributed by atoms with Crippen LogP contribution < -0.4 is 17.6 Å². The third-order valence-corrected chi connectivity index (χ3v) is 3.31. The van der Waals surface area contributed by atoms with E-state index in [1.807, 2.05) is 13.8 Å². The Bertz CT molecular complexity index is 245. The van der Waals surface area contributed by atoms with Gasteiger partial charge in [0.05, 0.1) is 0 Å². The molecule has 0 radical (unpaired) electrons. The molecule has 0 spiro atoms. The zero-order valence-electron chi connectivity index (χ0n) is 16.3. The number of likely N-dealkylation sites (tertiary alicyclic amines) is 1. The van der Waals surface area contributed by atoms with Gasteiger partial charge in [-0.3, -0.25) is 4.99 Å². The fourth-order valence-corrected chi connectivity index (χ4v) is 1.56. The second kappa shape index (κ2) is 15.1. The van der Waals surface area contributed by atoms with Crippen molar-refractivity contribution in [3.8, 4) is 0 Å². The summed E-state index contributed by atoms with van der Waals surface area (Å²) in [5.41, 5.74) is 10.0. The molecule has 0 amide bonds. The Hall–Kier alpha value is -0.850. The van der Waals surface area contributed by atoms with Gasteiger partial charge in [-0.1, -0.05) is 0 Å². The topological polar surface area (TPSA) is 106 Å². The van der Waals surface area contributed by atoms with E-state index in [1.54, 1.807) is 0 Å². The third kappa shape index (κ3) is 19.1. The lowest BCUT2D eigenvalue weighted by Crippen LogP contribution is -2.26. The molecule has 7 N–H and O–H groups in total. The third-order valence-electron chi connectivity index (χ3n) is 3.31. The summed E-state index contributed by atoms with van der Waals surface area (Å²) in [6.07, 6.45) is 2.83. The maximum Gasteiger partial charge on any atom is 0.186 e. The van der Waals surface area contributed by atoms with Crippen LogP contribution in [-0.4, -0.2) is 61.1 Å². The first-order valence-electron chi connectivity index (χ1n) is 8.07. The minimum atomic E-state index is 0. The van der Waals surface area contributed by atoms with Crippen LogP contribution in [0.5, 0.6) is 0 Å². The highest BCUT2D eigenvalue weighted by atomic mass is 15.2. The Labute approximate surface area is 138 Å². The van der Waals surface area contributed by atoms with Gasteiger partial charge in [0.2, 0.25) is 0 Å². The summed E-state index contributed by atoms with van der Waals surface area (Å²) in [4.78, 5) is 8.44. The summed E-state index contributed by atoms with van der Waals surface area (Å²) < 4.78 is 0. The summed E-state index contributed by atoms with van der Waals surface area (Å²) >= 11 is 0. The molecule has 0 aromatic heterocycles. The molecule has 0 unspecified atom stereocenters. The van der Waals surface area contributed by atoms with Crippen molar-refractivity contribution in [1.29, 1.82) is 0 Å². The van der Waals surface area contributed by atoms with Gasteiger partial charge in [-0.05, 0) is 81.6 Å². The van der Waals surface area contributed by atoms with E-state index < -0.39 is 0 Å². The molecular weight excluding hydrogens is 276 g/mol. The average Bonchev–Trinajstić information content (AvgIpc) is 2.81. The van der Waals surface area contributed by atoms with Gasteiger partial charge in [0.25, 0.3) is 0 Å². The molecule has 1 saturated heterocycles. The van der Waals surface area contributed by atoms with Crippen molar-refractivity contribution in [1.82, 2.24) is 16.0 Å². The summed E-state index contributed by atoms with van der Waals surface area (Å²) in [6, 6.07) is 1.67. The molecule has 1 heterocycles. The average molecular weight is 319 g/mol. The first-order chi connectivity index (χ1) is 9.57. The minimum absolute atomic E-state index is 0. The van der Waals surface area contributed by atoms with E-state index in [9.17, 15) is 0 Å². The van der Waals surface area contributed by atoms with Crippen molar-refractivity contribution in [2.45, 2.75) is 72.5 Å². The Morgan fingerprint density at radius 2 is 1.32 bits per heavy atom. The standard InChI is InChI=1S/C7H15N.C5H13N.C4H11N3.H3N/c1-7(2)8-5-3-4-6-8;1-5(2)6(3)4;1-3(2)7-4(5)6;/h7H,3-6H2,1-2H3;5H,1-4H3;3H,1-2H3,(H4,5,6,7);1H3. The second-order valence-corrected chi connectivity index (χ2v) is 6.54. The maximum atomic E-state index is 5.02. The molecule has 1 fully saturated rings. The smallest absolute Gasteiger partial charge is 0.186 e. The first kappa shape index (κ1) is 26.1. The van der Waals surface area contributed by atoms with E-state index in [2.05, 4.69) is 56.6 Å². The summed E-state index contributed by atoms with van der Waals surface area (Å²) in [7, 11) is 4.15. The molecule has 1 rings (SSSR count). The Morgan fingerprint density at radius 3 is 1.41 bits per heavy atom. The molecule has 6 nitrogen and oxygen atoms in total. The Kier molecular flexibility index (Phi) is 17.8. The van der Waals surface area contributed by atoms with Crippen LogP contribution in [0, 0.1) is 0 Å². The highest BCUT2D eigenvalue weighted by Gasteiger charge is 2.13. The Morgan fingerprint density at radius 1 is 0.955 bits per heavy atom. The highest BCUT2D eigenvalue weighted by molar-refractivity contribution is 5.75. The molecule has 0 aliphatic carbocycles. The molecule has 136 valence electrons. The molecule has 0 atom stereocenters. The highest BCUT2D eigenvalue weighted by Crippen LogP contribution is 2.09. The zero-order chi connectivity index (χ0) is 17.0. The van der Waals surface area contributed by atoms with Crippen LogP contribution >= 0.6 is 0 Å². The molecule has 0 aromatic carbocycles. The fraction of sp³-hybridized carbons (Fsp3) is 0.938. The zero-order valence-corrected chi connectivity index (χ0v) is 16.3. The minimum Gasteiger partial charge on any atom is -0.370 e. The van der Waals surface area contributed by atoms with Crippen molar-refractivity contribution in [3.63, 3.8) is 0 Å². The molecule has 0 aromatic rings. The van der Waals surface area contributed by atoms with E-state index in [-0.39, 0.29) is 18.2 Å². The van der Waals surface area contributed by atoms with Crippen LogP contribution in [0.3, 0.4) is 0 Å². The van der Waals surface area contributed by atoms with E-state index in [1.165, 1.54) is 25.9 Å². The van der Waals surface area contributed by atoms with Crippen molar-refractivity contribution >= 4 is 5.96 Å². The van der Waals surface area contributed by atoms with E-state index in [0.717, 1.165) is 6.04 Å². The van der Waals surface area contributed by atoms with Gasteiger partial charge in [-0.25, -0.2) is 0 Å². The van der Waals surface area contributed by atoms with Gasteiger partial charge < -0.3 is 27.4 Å². The lowest BCUT2D eigenvalue weighted by Gasteiger charge is -2.18. The van der Waals surface area contributed by atoms with Gasteiger partial charge in [0.1, 0.15) is 0 Å². The number of hydrogen-bond acceptors (Lipinski definition) is 4. The van der Waals surface area contributed by atoms with Gasteiger partial charge in [-0.2, -0.15) is 0 Å². The fourth-order valence-electron chi connectivity index (χ4n) is 1.56. The van der Waals surface area contributed by atoms with Crippen molar-refractivity contribution in [3.05, 3.63) is 0 Å². The Balaban J connectivity index is -0.000000244. The molecule has 1 aliphatic rings. The molecule has 0 saturated carbocycles. The van der Waals surface area contributed by atoms with E-state index >= 15 is 0 Å². The van der Waals surface area contributed by atoms with Crippen LogP contribution in [0.2, 0.25) is 0 Å². The first-order valence-corrected chi connectivity index (χ1v) is 8.07. The quantitative estimate of drug-likeness (QED) is 0.547. The van der Waals surface area contributed by atoms with E-state index in [0.29, 0.717) is 6.04 Å². The monoisotopic (exact) mass is 318 g/mol. The lowest BCUT2D eigenvalue weighted by atomic mass is 10.3. The number of hydrogen-bond donors (Lipinski definition) is 3. The summed E-state index contributed by atoms with van der Waals surface area (Å²) in [5, 5.41) is 0. The summed E-state index contributed by atoms with van der Waals surface area (Å²) in [6.45, 7) is 15.4. The normalized spacial score (nSPS) is 14.2. The van der Waals surface area contributed by atoms with Crippen LogP contribution in [0.4, 0.5) is 0 Å². The lowest BCUT2D eigenvalue weighted by molar-refractivity contribution is 0.276. The van der Waals surface area contributed by atoms with Gasteiger partial charge in [0.15, 0.2) is 5.96 Å². The number of nitrogens with zero attached hydrogens (tertiary/aromatic N) is 3. The van der Waals surface area contributed by atoms with Gasteiger partial charge in [-0.15, -0.1) is 0 Å². The number of nitrogens with two attached hydrogens (primary N) is 2. The van der Waals surface area contributed by atoms with Crippen molar-refractivity contribution in [2.24, 2.45) is 16.5 Å². The molecule has 6 heteroatoms. The number of aliphatic imine (C=N–C) groups is 1. The van der Waals surface area contributed by atoms with Crippen LogP contribution in [0.15, 0.2) is 4.99 Å².